The number of carbonyl (C=O) groups excluding carboxylic acids is 1. The molecule has 1 saturated heterocycles. The number of hydrogen-bond acceptors (Lipinski definition) is 5. The molecule has 0 radical (unpaired) electrons. The number of likely N-dealkylation sites (tertiary alicyclic amines) is 1. The first-order valence-corrected chi connectivity index (χ1v) is 11.4. The predicted molar refractivity (Wildman–Crippen MR) is 125 cm³/mol. The normalized spacial score (nSPS) is 16.0. The van der Waals surface area contributed by atoms with Gasteiger partial charge in [0.1, 0.15) is 0 Å². The van der Waals surface area contributed by atoms with Gasteiger partial charge < -0.3 is 9.80 Å². The van der Waals surface area contributed by atoms with Crippen molar-refractivity contribution in [3.05, 3.63) is 88.7 Å². The average molecular weight is 450 g/mol. The molecule has 0 aliphatic carbocycles. The first-order valence-electron chi connectivity index (χ1n) is 11.0. The van der Waals surface area contributed by atoms with Gasteiger partial charge in [0.05, 0.1) is 29.3 Å². The molecular formula is C25H28ClN5O. The second-order valence-electron chi connectivity index (χ2n) is 8.30. The molecule has 1 aliphatic rings. The Labute approximate surface area is 194 Å². The molecule has 2 aromatic heterocycles. The number of nitrogens with zero attached hydrogens (tertiary/aromatic N) is 5. The van der Waals surface area contributed by atoms with Crippen molar-refractivity contribution in [2.45, 2.75) is 38.3 Å². The minimum atomic E-state index is -0.00425. The highest BCUT2D eigenvalue weighted by molar-refractivity contribution is 6.30. The Bertz CT molecular complexity index is 1050. The Morgan fingerprint density at radius 1 is 1.19 bits per heavy atom. The highest BCUT2D eigenvalue weighted by atomic mass is 35.5. The van der Waals surface area contributed by atoms with Gasteiger partial charge in [0.25, 0.3) is 0 Å². The Morgan fingerprint density at radius 3 is 2.91 bits per heavy atom. The Balaban J connectivity index is 1.37. The molecule has 1 aromatic carbocycles. The van der Waals surface area contributed by atoms with Crippen LogP contribution in [0.15, 0.2) is 61.1 Å². The van der Waals surface area contributed by atoms with Crippen LogP contribution in [-0.4, -0.2) is 50.8 Å². The van der Waals surface area contributed by atoms with Gasteiger partial charge >= 0.3 is 0 Å². The van der Waals surface area contributed by atoms with E-state index in [1.807, 2.05) is 54.4 Å². The van der Waals surface area contributed by atoms with Crippen LogP contribution in [0.25, 0.3) is 0 Å². The van der Waals surface area contributed by atoms with Crippen LogP contribution in [0, 0.1) is 0 Å². The van der Waals surface area contributed by atoms with Crippen LogP contribution in [0.4, 0.5) is 0 Å². The van der Waals surface area contributed by atoms with Crippen molar-refractivity contribution >= 4 is 17.5 Å². The fraction of sp³-hybridized carbons (Fsp3) is 0.360. The number of amides is 1. The fourth-order valence-electron chi connectivity index (χ4n) is 4.18. The molecule has 1 unspecified atom stereocenters. The number of aromatic nitrogens is 3. The molecule has 32 heavy (non-hydrogen) atoms. The molecule has 166 valence electrons. The van der Waals surface area contributed by atoms with E-state index in [0.717, 1.165) is 48.6 Å². The minimum absolute atomic E-state index is 0.00425. The van der Waals surface area contributed by atoms with Gasteiger partial charge in [0.2, 0.25) is 5.91 Å². The van der Waals surface area contributed by atoms with E-state index in [4.69, 9.17) is 16.6 Å². The van der Waals surface area contributed by atoms with Crippen molar-refractivity contribution in [3.63, 3.8) is 0 Å². The number of carbonyl (C=O) groups is 1. The van der Waals surface area contributed by atoms with Gasteiger partial charge in [-0.2, -0.15) is 0 Å². The lowest BCUT2D eigenvalue weighted by Crippen LogP contribution is -2.33. The lowest BCUT2D eigenvalue weighted by atomic mass is 10.1. The lowest BCUT2D eigenvalue weighted by molar-refractivity contribution is -0.132. The summed E-state index contributed by atoms with van der Waals surface area (Å²) in [7, 11) is 2.02. The summed E-state index contributed by atoms with van der Waals surface area (Å²) in [5.41, 5.74) is 3.86. The van der Waals surface area contributed by atoms with E-state index in [9.17, 15) is 4.79 Å². The van der Waals surface area contributed by atoms with Crippen LogP contribution in [0.1, 0.15) is 47.9 Å². The van der Waals surface area contributed by atoms with Gasteiger partial charge in [-0.05, 0) is 49.7 Å². The monoisotopic (exact) mass is 449 g/mol. The third-order valence-corrected chi connectivity index (χ3v) is 5.99. The van der Waals surface area contributed by atoms with Crippen molar-refractivity contribution in [1.82, 2.24) is 24.8 Å². The maximum absolute atomic E-state index is 13.0. The van der Waals surface area contributed by atoms with Crippen molar-refractivity contribution in [1.29, 1.82) is 0 Å². The summed E-state index contributed by atoms with van der Waals surface area (Å²) in [6, 6.07) is 13.7. The van der Waals surface area contributed by atoms with Gasteiger partial charge in [-0.1, -0.05) is 29.8 Å². The van der Waals surface area contributed by atoms with Crippen molar-refractivity contribution < 1.29 is 4.79 Å². The quantitative estimate of drug-likeness (QED) is 0.513. The van der Waals surface area contributed by atoms with E-state index in [2.05, 4.69) is 14.9 Å². The average Bonchev–Trinajstić information content (AvgIpc) is 3.29. The molecular weight excluding hydrogens is 422 g/mol. The van der Waals surface area contributed by atoms with E-state index >= 15 is 0 Å². The summed E-state index contributed by atoms with van der Waals surface area (Å²) in [5, 5.41) is 0.715. The molecule has 0 saturated carbocycles. The van der Waals surface area contributed by atoms with E-state index in [0.29, 0.717) is 24.4 Å². The summed E-state index contributed by atoms with van der Waals surface area (Å²) in [6.45, 7) is 2.20. The van der Waals surface area contributed by atoms with Gasteiger partial charge in [-0.15, -0.1) is 0 Å². The Kier molecular flexibility index (Phi) is 7.45. The van der Waals surface area contributed by atoms with Gasteiger partial charge in [0, 0.05) is 49.9 Å². The van der Waals surface area contributed by atoms with Crippen LogP contribution in [0.3, 0.4) is 0 Å². The van der Waals surface area contributed by atoms with Crippen LogP contribution < -0.4 is 0 Å². The Morgan fingerprint density at radius 2 is 2.09 bits per heavy atom. The molecule has 0 spiro atoms. The molecule has 1 fully saturated rings. The van der Waals surface area contributed by atoms with Gasteiger partial charge in [0.15, 0.2) is 0 Å². The molecule has 4 rings (SSSR count). The van der Waals surface area contributed by atoms with Gasteiger partial charge in [-0.3, -0.25) is 19.7 Å². The number of hydrogen-bond donors (Lipinski definition) is 0. The zero-order chi connectivity index (χ0) is 22.3. The standard InChI is InChI=1S/C25H28ClN5O/c1-30(18-21-8-2-3-11-28-21)13-10-25(32)31-12-5-9-24(31)23-17-27-16-22(29-23)15-19-6-4-7-20(26)14-19/h2-4,6-8,11,14,16-17,24H,5,9-10,12-13,15,18H2,1H3. The third-order valence-electron chi connectivity index (χ3n) is 5.76. The third kappa shape index (κ3) is 5.90. The number of pyridine rings is 1. The van der Waals surface area contributed by atoms with Crippen LogP contribution in [0.5, 0.6) is 0 Å². The second-order valence-corrected chi connectivity index (χ2v) is 8.73. The maximum Gasteiger partial charge on any atom is 0.224 e. The molecule has 6 nitrogen and oxygen atoms in total. The molecule has 1 atom stereocenters. The second kappa shape index (κ2) is 10.7. The summed E-state index contributed by atoms with van der Waals surface area (Å²) in [6.07, 6.45) is 8.44. The van der Waals surface area contributed by atoms with E-state index < -0.39 is 0 Å². The van der Waals surface area contributed by atoms with E-state index in [-0.39, 0.29) is 11.9 Å². The number of halogens is 1. The zero-order valence-electron chi connectivity index (χ0n) is 18.3. The first-order chi connectivity index (χ1) is 15.6. The van der Waals surface area contributed by atoms with Crippen LogP contribution >= 0.6 is 11.6 Å². The summed E-state index contributed by atoms with van der Waals surface area (Å²) in [5.74, 6) is 0.169. The van der Waals surface area contributed by atoms with Gasteiger partial charge in [-0.25, -0.2) is 0 Å². The summed E-state index contributed by atoms with van der Waals surface area (Å²) >= 11 is 6.11. The van der Waals surface area contributed by atoms with Crippen LogP contribution in [0.2, 0.25) is 5.02 Å². The summed E-state index contributed by atoms with van der Waals surface area (Å²) in [4.78, 5) is 30.7. The van der Waals surface area contributed by atoms with Crippen molar-refractivity contribution in [2.24, 2.45) is 0 Å². The smallest absolute Gasteiger partial charge is 0.224 e. The predicted octanol–water partition coefficient (Wildman–Crippen LogP) is 4.30. The molecule has 3 aromatic rings. The molecule has 3 heterocycles. The molecule has 7 heteroatoms. The number of benzene rings is 1. The van der Waals surface area contributed by atoms with Crippen LogP contribution in [-0.2, 0) is 17.8 Å². The minimum Gasteiger partial charge on any atom is -0.334 e. The summed E-state index contributed by atoms with van der Waals surface area (Å²) < 4.78 is 0. The fourth-order valence-corrected chi connectivity index (χ4v) is 4.39. The zero-order valence-corrected chi connectivity index (χ0v) is 19.1. The molecule has 0 bridgehead atoms. The lowest BCUT2D eigenvalue weighted by Gasteiger charge is -2.25. The molecule has 1 aliphatic heterocycles. The Hall–Kier alpha value is -2.83. The maximum atomic E-state index is 13.0. The molecule has 0 N–H and O–H groups in total. The largest absolute Gasteiger partial charge is 0.334 e. The highest BCUT2D eigenvalue weighted by Gasteiger charge is 2.31. The first kappa shape index (κ1) is 22.4. The SMILES string of the molecule is CN(CCC(=O)N1CCCC1c1cncc(Cc2cccc(Cl)c2)n1)Cc1ccccn1. The van der Waals surface area contributed by atoms with Crippen molar-refractivity contribution in [3.8, 4) is 0 Å². The molecule has 1 amide bonds. The highest BCUT2D eigenvalue weighted by Crippen LogP contribution is 2.31. The van der Waals surface area contributed by atoms with E-state index in [1.165, 1.54) is 0 Å². The van der Waals surface area contributed by atoms with E-state index in [1.54, 1.807) is 18.6 Å². The topological polar surface area (TPSA) is 62.2 Å². The number of rotatable bonds is 8. The van der Waals surface area contributed by atoms with Crippen molar-refractivity contribution in [2.75, 3.05) is 20.1 Å².